The van der Waals surface area contributed by atoms with Crippen molar-refractivity contribution < 1.29 is 13.2 Å². The SMILES string of the molecule is CCOCCN1CCC[C@H](CNS(=O)(=O)C(C)C)C1. The molecule has 0 unspecified atom stereocenters. The second kappa shape index (κ2) is 8.19. The zero-order valence-corrected chi connectivity index (χ0v) is 13.2. The van der Waals surface area contributed by atoms with Gasteiger partial charge in [0.05, 0.1) is 11.9 Å². The van der Waals surface area contributed by atoms with Gasteiger partial charge in [0.2, 0.25) is 10.0 Å². The first-order chi connectivity index (χ1) is 8.95. The van der Waals surface area contributed by atoms with Crippen molar-refractivity contribution in [2.24, 2.45) is 5.92 Å². The van der Waals surface area contributed by atoms with Gasteiger partial charge in [-0.25, -0.2) is 13.1 Å². The summed E-state index contributed by atoms with van der Waals surface area (Å²) in [7, 11) is -3.13. The van der Waals surface area contributed by atoms with E-state index in [1.54, 1.807) is 13.8 Å². The molecule has 5 nitrogen and oxygen atoms in total. The van der Waals surface area contributed by atoms with Crippen molar-refractivity contribution in [3.63, 3.8) is 0 Å². The molecule has 0 aromatic heterocycles. The quantitative estimate of drug-likeness (QED) is 0.680. The third-order valence-electron chi connectivity index (χ3n) is 3.55. The van der Waals surface area contributed by atoms with Gasteiger partial charge in [0.15, 0.2) is 0 Å². The van der Waals surface area contributed by atoms with Crippen LogP contribution in [0.1, 0.15) is 33.6 Å². The first kappa shape index (κ1) is 16.9. The van der Waals surface area contributed by atoms with Gasteiger partial charge in [-0.1, -0.05) is 0 Å². The predicted octanol–water partition coefficient (Wildman–Crippen LogP) is 1.06. The lowest BCUT2D eigenvalue weighted by Crippen LogP contribution is -2.43. The fourth-order valence-corrected chi connectivity index (χ4v) is 3.06. The van der Waals surface area contributed by atoms with E-state index in [-0.39, 0.29) is 5.25 Å². The number of rotatable bonds is 8. The third kappa shape index (κ3) is 6.21. The Labute approximate surface area is 117 Å². The number of ether oxygens (including phenoxy) is 1. The molecule has 1 atom stereocenters. The van der Waals surface area contributed by atoms with Gasteiger partial charge < -0.3 is 9.64 Å². The molecule has 0 radical (unpaired) electrons. The predicted molar refractivity (Wildman–Crippen MR) is 77.7 cm³/mol. The highest BCUT2D eigenvalue weighted by atomic mass is 32.2. The van der Waals surface area contributed by atoms with E-state index >= 15 is 0 Å². The lowest BCUT2D eigenvalue weighted by molar-refractivity contribution is 0.0924. The van der Waals surface area contributed by atoms with Crippen LogP contribution in [0.4, 0.5) is 0 Å². The van der Waals surface area contributed by atoms with Gasteiger partial charge in [0.1, 0.15) is 0 Å². The van der Waals surface area contributed by atoms with Gasteiger partial charge in [0.25, 0.3) is 0 Å². The van der Waals surface area contributed by atoms with E-state index in [0.717, 1.165) is 45.7 Å². The molecule has 1 saturated heterocycles. The van der Waals surface area contributed by atoms with Crippen molar-refractivity contribution in [1.29, 1.82) is 0 Å². The molecule has 6 heteroatoms. The second-order valence-electron chi connectivity index (χ2n) is 5.45. The number of nitrogens with one attached hydrogen (secondary N) is 1. The fraction of sp³-hybridized carbons (Fsp3) is 1.00. The molecule has 0 amide bonds. The average molecular weight is 292 g/mol. The van der Waals surface area contributed by atoms with E-state index in [4.69, 9.17) is 4.74 Å². The summed E-state index contributed by atoms with van der Waals surface area (Å²) < 4.78 is 31.5. The van der Waals surface area contributed by atoms with Crippen LogP contribution < -0.4 is 4.72 Å². The van der Waals surface area contributed by atoms with Crippen LogP contribution in [0, 0.1) is 5.92 Å². The molecule has 1 heterocycles. The average Bonchev–Trinajstić information content (AvgIpc) is 2.37. The van der Waals surface area contributed by atoms with E-state index in [9.17, 15) is 8.42 Å². The minimum atomic E-state index is -3.13. The Morgan fingerprint density at radius 2 is 2.16 bits per heavy atom. The van der Waals surface area contributed by atoms with Crippen molar-refractivity contribution in [2.75, 3.05) is 39.4 Å². The van der Waals surface area contributed by atoms with Crippen LogP contribution in [-0.2, 0) is 14.8 Å². The zero-order chi connectivity index (χ0) is 14.3. The molecule has 1 N–H and O–H groups in total. The molecule has 1 aliphatic heterocycles. The highest BCUT2D eigenvalue weighted by Gasteiger charge is 2.22. The summed E-state index contributed by atoms with van der Waals surface area (Å²) in [6.07, 6.45) is 2.24. The minimum absolute atomic E-state index is 0.356. The van der Waals surface area contributed by atoms with Crippen molar-refractivity contribution in [3.05, 3.63) is 0 Å². The second-order valence-corrected chi connectivity index (χ2v) is 7.77. The highest BCUT2D eigenvalue weighted by molar-refractivity contribution is 7.90. The molecule has 1 rings (SSSR count). The zero-order valence-electron chi connectivity index (χ0n) is 12.4. The molecule has 0 saturated carbocycles. The van der Waals surface area contributed by atoms with Crippen molar-refractivity contribution >= 4 is 10.0 Å². The van der Waals surface area contributed by atoms with E-state index < -0.39 is 10.0 Å². The molecule has 1 aliphatic rings. The summed E-state index contributed by atoms with van der Waals surface area (Å²) in [5.41, 5.74) is 0. The molecule has 0 spiro atoms. The first-order valence-electron chi connectivity index (χ1n) is 7.24. The number of hydrogen-bond donors (Lipinski definition) is 1. The maximum atomic E-state index is 11.7. The van der Waals surface area contributed by atoms with Gasteiger partial charge in [-0.15, -0.1) is 0 Å². The lowest BCUT2D eigenvalue weighted by atomic mass is 9.98. The van der Waals surface area contributed by atoms with Crippen molar-refractivity contribution in [3.8, 4) is 0 Å². The van der Waals surface area contributed by atoms with Crippen molar-refractivity contribution in [1.82, 2.24) is 9.62 Å². The molecular formula is C13H28N2O3S. The van der Waals surface area contributed by atoms with Crippen LogP contribution in [0.25, 0.3) is 0 Å². The lowest BCUT2D eigenvalue weighted by Gasteiger charge is -2.32. The van der Waals surface area contributed by atoms with Crippen LogP contribution in [0.2, 0.25) is 0 Å². The number of nitrogens with zero attached hydrogens (tertiary/aromatic N) is 1. The minimum Gasteiger partial charge on any atom is -0.380 e. The molecule has 0 aromatic carbocycles. The molecule has 0 aliphatic carbocycles. The van der Waals surface area contributed by atoms with Crippen LogP contribution in [0.5, 0.6) is 0 Å². The highest BCUT2D eigenvalue weighted by Crippen LogP contribution is 2.16. The van der Waals surface area contributed by atoms with Crippen LogP contribution in [0.15, 0.2) is 0 Å². The van der Waals surface area contributed by atoms with E-state index in [1.807, 2.05) is 6.92 Å². The van der Waals surface area contributed by atoms with Crippen LogP contribution >= 0.6 is 0 Å². The molecule has 0 aromatic rings. The molecule has 1 fully saturated rings. The van der Waals surface area contributed by atoms with E-state index in [2.05, 4.69) is 9.62 Å². The molecular weight excluding hydrogens is 264 g/mol. The van der Waals surface area contributed by atoms with Gasteiger partial charge in [0, 0.05) is 26.2 Å². The summed E-state index contributed by atoms with van der Waals surface area (Å²) >= 11 is 0. The standard InChI is InChI=1S/C13H28N2O3S/c1-4-18-9-8-15-7-5-6-13(11-15)10-14-19(16,17)12(2)3/h12-14H,4-11H2,1-3H3/t13-/m1/s1. The molecule has 0 bridgehead atoms. The third-order valence-corrected chi connectivity index (χ3v) is 5.36. The molecule has 114 valence electrons. The van der Waals surface area contributed by atoms with Gasteiger partial charge in [-0.05, 0) is 46.1 Å². The largest absolute Gasteiger partial charge is 0.380 e. The molecule has 19 heavy (non-hydrogen) atoms. The maximum absolute atomic E-state index is 11.7. The summed E-state index contributed by atoms with van der Waals surface area (Å²) in [5, 5.41) is -0.356. The van der Waals surface area contributed by atoms with Gasteiger partial charge >= 0.3 is 0 Å². The maximum Gasteiger partial charge on any atom is 0.213 e. The van der Waals surface area contributed by atoms with Gasteiger partial charge in [-0.3, -0.25) is 0 Å². The first-order valence-corrected chi connectivity index (χ1v) is 8.79. The summed E-state index contributed by atoms with van der Waals surface area (Å²) in [4.78, 5) is 2.37. The number of hydrogen-bond acceptors (Lipinski definition) is 4. The fourth-order valence-electron chi connectivity index (χ4n) is 2.26. The topological polar surface area (TPSA) is 58.6 Å². The Bertz CT molecular complexity index is 344. The van der Waals surface area contributed by atoms with Gasteiger partial charge in [-0.2, -0.15) is 0 Å². The number of piperidine rings is 1. The van der Waals surface area contributed by atoms with E-state index in [0.29, 0.717) is 12.5 Å². The number of likely N-dealkylation sites (tertiary alicyclic amines) is 1. The van der Waals surface area contributed by atoms with E-state index in [1.165, 1.54) is 0 Å². The van der Waals surface area contributed by atoms with Crippen LogP contribution in [0.3, 0.4) is 0 Å². The monoisotopic (exact) mass is 292 g/mol. The normalized spacial score (nSPS) is 22.0. The smallest absolute Gasteiger partial charge is 0.213 e. The summed E-state index contributed by atoms with van der Waals surface area (Å²) in [6.45, 7) is 10.5. The van der Waals surface area contributed by atoms with Crippen molar-refractivity contribution in [2.45, 2.75) is 38.9 Å². The summed E-state index contributed by atoms with van der Waals surface area (Å²) in [5.74, 6) is 0.420. The Kier molecular flexibility index (Phi) is 7.28. The number of sulfonamides is 1. The van der Waals surface area contributed by atoms with Crippen LogP contribution in [-0.4, -0.2) is 58.0 Å². The Hall–Kier alpha value is -0.170. The Morgan fingerprint density at radius 3 is 2.79 bits per heavy atom. The Balaban J connectivity index is 2.31. The summed E-state index contributed by atoms with van der Waals surface area (Å²) in [6, 6.07) is 0. The Morgan fingerprint density at radius 1 is 1.42 bits per heavy atom.